The van der Waals surface area contributed by atoms with Gasteiger partial charge >= 0.3 is 6.09 Å². The summed E-state index contributed by atoms with van der Waals surface area (Å²) >= 11 is 0. The Morgan fingerprint density at radius 2 is 2.12 bits per heavy atom. The van der Waals surface area contributed by atoms with Crippen molar-refractivity contribution in [3.63, 3.8) is 0 Å². The van der Waals surface area contributed by atoms with E-state index in [4.69, 9.17) is 15.2 Å². The summed E-state index contributed by atoms with van der Waals surface area (Å²) in [7, 11) is 0. The van der Waals surface area contributed by atoms with Crippen LogP contribution in [0.2, 0.25) is 0 Å². The molecule has 0 aromatic heterocycles. The normalized spacial score (nSPS) is 39.7. The second-order valence-electron chi connectivity index (χ2n) is 6.39. The molecule has 1 unspecified atom stereocenters. The van der Waals surface area contributed by atoms with Gasteiger partial charge in [0.15, 0.2) is 0 Å². The lowest BCUT2D eigenvalue weighted by molar-refractivity contribution is -0.0219. The van der Waals surface area contributed by atoms with E-state index in [9.17, 15) is 4.79 Å². The Bertz CT molecular complexity index is 324. The number of fused-ring (bicyclic) bond motifs is 1. The maximum atomic E-state index is 11.5. The molecule has 0 aromatic rings. The molecular weight excluding hydrogens is 220 g/mol. The lowest BCUT2D eigenvalue weighted by Crippen LogP contribution is -2.60. The van der Waals surface area contributed by atoms with Crippen LogP contribution >= 0.6 is 0 Å². The van der Waals surface area contributed by atoms with E-state index in [-0.39, 0.29) is 17.2 Å². The Balaban J connectivity index is 1.79. The molecule has 5 nitrogen and oxygen atoms in total. The molecule has 3 aliphatic rings. The second kappa shape index (κ2) is 3.59. The predicted molar refractivity (Wildman–Crippen MR) is 63.7 cm³/mol. The number of hydrogen-bond donors (Lipinski definition) is 2. The van der Waals surface area contributed by atoms with E-state index < -0.39 is 11.7 Å². The fourth-order valence-electron chi connectivity index (χ4n) is 2.73. The van der Waals surface area contributed by atoms with E-state index in [0.29, 0.717) is 6.54 Å². The molecule has 2 aliphatic heterocycles. The molecule has 0 aromatic carbocycles. The predicted octanol–water partition coefficient (Wildman–Crippen LogP) is 1.16. The van der Waals surface area contributed by atoms with E-state index >= 15 is 0 Å². The van der Waals surface area contributed by atoms with Gasteiger partial charge in [-0.2, -0.15) is 0 Å². The summed E-state index contributed by atoms with van der Waals surface area (Å²) in [5.41, 5.74) is 5.20. The van der Waals surface area contributed by atoms with Crippen molar-refractivity contribution in [2.24, 2.45) is 5.73 Å². The molecule has 98 valence electrons. The average molecular weight is 242 g/mol. The molecule has 5 heteroatoms. The SMILES string of the molecule is CC1OC2(CNC(=O)OC(C)(C)C)CC1(N)C2. The molecule has 1 aliphatic carbocycles. The Kier molecular flexibility index (Phi) is 2.67. The van der Waals surface area contributed by atoms with Gasteiger partial charge in [0, 0.05) is 5.54 Å². The average Bonchev–Trinajstić information content (AvgIpc) is 2.45. The highest BCUT2D eigenvalue weighted by Crippen LogP contribution is 2.53. The number of carbonyl (C=O) groups excluding carboxylic acids is 1. The zero-order valence-corrected chi connectivity index (χ0v) is 11.0. The molecule has 0 radical (unpaired) electrons. The Labute approximate surface area is 102 Å². The van der Waals surface area contributed by atoms with Gasteiger partial charge in [-0.1, -0.05) is 0 Å². The summed E-state index contributed by atoms with van der Waals surface area (Å²) in [4.78, 5) is 11.5. The van der Waals surface area contributed by atoms with E-state index in [2.05, 4.69) is 5.32 Å². The van der Waals surface area contributed by atoms with Crippen LogP contribution in [0, 0.1) is 0 Å². The fraction of sp³-hybridized carbons (Fsp3) is 0.917. The van der Waals surface area contributed by atoms with Crippen molar-refractivity contribution in [3.8, 4) is 0 Å². The van der Waals surface area contributed by atoms with Gasteiger partial charge in [0.1, 0.15) is 5.60 Å². The first-order valence-corrected chi connectivity index (χ1v) is 6.08. The van der Waals surface area contributed by atoms with Crippen LogP contribution < -0.4 is 11.1 Å². The highest BCUT2D eigenvalue weighted by atomic mass is 16.6. The standard InChI is InChI=1S/C12H22N2O3/c1-8-12(13)5-11(6-12,16-8)7-14-9(15)17-10(2,3)4/h8H,5-7,13H2,1-4H3,(H,14,15). The summed E-state index contributed by atoms with van der Waals surface area (Å²) < 4.78 is 11.0. The van der Waals surface area contributed by atoms with Crippen molar-refractivity contribution in [2.45, 2.75) is 63.4 Å². The Morgan fingerprint density at radius 1 is 1.53 bits per heavy atom. The summed E-state index contributed by atoms with van der Waals surface area (Å²) in [5.74, 6) is 0. The van der Waals surface area contributed by atoms with E-state index in [1.54, 1.807) is 0 Å². The van der Waals surface area contributed by atoms with Crippen molar-refractivity contribution in [3.05, 3.63) is 0 Å². The number of amides is 1. The largest absolute Gasteiger partial charge is 0.444 e. The molecule has 3 rings (SSSR count). The molecule has 17 heavy (non-hydrogen) atoms. The van der Waals surface area contributed by atoms with Crippen LogP contribution in [0.15, 0.2) is 0 Å². The topological polar surface area (TPSA) is 73.6 Å². The highest BCUT2D eigenvalue weighted by molar-refractivity contribution is 5.67. The van der Waals surface area contributed by atoms with Crippen molar-refractivity contribution >= 4 is 6.09 Å². The smallest absolute Gasteiger partial charge is 0.407 e. The van der Waals surface area contributed by atoms with Crippen LogP contribution in [-0.4, -0.2) is 35.5 Å². The minimum atomic E-state index is -0.469. The summed E-state index contributed by atoms with van der Waals surface area (Å²) in [5, 5.41) is 2.76. The second-order valence-corrected chi connectivity index (χ2v) is 6.39. The van der Waals surface area contributed by atoms with Crippen LogP contribution in [-0.2, 0) is 9.47 Å². The van der Waals surface area contributed by atoms with Gasteiger partial charge in [-0.05, 0) is 40.5 Å². The minimum absolute atomic E-state index is 0.0722. The lowest BCUT2D eigenvalue weighted by atomic mass is 9.67. The molecular formula is C12H22N2O3. The maximum absolute atomic E-state index is 11.5. The molecule has 1 saturated carbocycles. The van der Waals surface area contributed by atoms with Crippen LogP contribution in [0.25, 0.3) is 0 Å². The van der Waals surface area contributed by atoms with E-state index in [1.165, 1.54) is 0 Å². The molecule has 1 amide bonds. The molecule has 1 atom stereocenters. The third-order valence-electron chi connectivity index (χ3n) is 3.49. The van der Waals surface area contributed by atoms with Crippen molar-refractivity contribution < 1.29 is 14.3 Å². The number of carbonyl (C=O) groups is 1. The van der Waals surface area contributed by atoms with Gasteiger partial charge in [-0.25, -0.2) is 4.79 Å². The van der Waals surface area contributed by atoms with Crippen LogP contribution in [0.4, 0.5) is 4.79 Å². The first-order valence-electron chi connectivity index (χ1n) is 6.08. The van der Waals surface area contributed by atoms with Crippen molar-refractivity contribution in [2.75, 3.05) is 6.54 Å². The van der Waals surface area contributed by atoms with E-state index in [0.717, 1.165) is 12.8 Å². The first kappa shape index (κ1) is 12.6. The Morgan fingerprint density at radius 3 is 2.53 bits per heavy atom. The number of alkyl carbamates (subject to hydrolysis) is 1. The lowest BCUT2D eigenvalue weighted by Gasteiger charge is -2.42. The quantitative estimate of drug-likeness (QED) is 0.762. The molecule has 0 spiro atoms. The van der Waals surface area contributed by atoms with Gasteiger partial charge < -0.3 is 20.5 Å². The van der Waals surface area contributed by atoms with E-state index in [1.807, 2.05) is 27.7 Å². The zero-order chi connectivity index (χ0) is 12.9. The Hall–Kier alpha value is -0.810. The van der Waals surface area contributed by atoms with Crippen LogP contribution in [0.5, 0.6) is 0 Å². The number of nitrogens with two attached hydrogens (primary N) is 1. The number of nitrogens with one attached hydrogen (secondary N) is 1. The molecule has 3 N–H and O–H groups in total. The van der Waals surface area contributed by atoms with Gasteiger partial charge in [0.05, 0.1) is 18.2 Å². The number of hydrogen-bond acceptors (Lipinski definition) is 4. The van der Waals surface area contributed by atoms with Crippen molar-refractivity contribution in [1.29, 1.82) is 0 Å². The first-order chi connectivity index (χ1) is 7.64. The van der Waals surface area contributed by atoms with Gasteiger partial charge in [0.25, 0.3) is 0 Å². The molecule has 2 heterocycles. The van der Waals surface area contributed by atoms with Gasteiger partial charge in [0.2, 0.25) is 0 Å². The highest BCUT2D eigenvalue weighted by Gasteiger charge is 2.64. The number of rotatable bonds is 2. The fourth-order valence-corrected chi connectivity index (χ4v) is 2.73. The monoisotopic (exact) mass is 242 g/mol. The summed E-state index contributed by atoms with van der Waals surface area (Å²) in [6, 6.07) is 0. The molecule has 2 bridgehead atoms. The summed E-state index contributed by atoms with van der Waals surface area (Å²) in [6.07, 6.45) is 1.31. The van der Waals surface area contributed by atoms with Crippen LogP contribution in [0.3, 0.4) is 0 Å². The molecule has 2 saturated heterocycles. The third kappa shape index (κ3) is 2.40. The maximum Gasteiger partial charge on any atom is 0.407 e. The molecule has 3 fully saturated rings. The minimum Gasteiger partial charge on any atom is -0.444 e. The van der Waals surface area contributed by atoms with Crippen LogP contribution in [0.1, 0.15) is 40.5 Å². The summed E-state index contributed by atoms with van der Waals surface area (Å²) in [6.45, 7) is 7.99. The zero-order valence-electron chi connectivity index (χ0n) is 11.0. The third-order valence-corrected chi connectivity index (χ3v) is 3.49. The van der Waals surface area contributed by atoms with Gasteiger partial charge in [-0.15, -0.1) is 0 Å². The van der Waals surface area contributed by atoms with Gasteiger partial charge in [-0.3, -0.25) is 0 Å². The van der Waals surface area contributed by atoms with Crippen molar-refractivity contribution in [1.82, 2.24) is 5.32 Å². The number of ether oxygens (including phenoxy) is 2.